The lowest BCUT2D eigenvalue weighted by molar-refractivity contribution is 0.0547. The third-order valence-electron chi connectivity index (χ3n) is 5.15. The van der Waals surface area contributed by atoms with E-state index in [0.717, 1.165) is 26.2 Å². The Kier molecular flexibility index (Phi) is 3.92. The van der Waals surface area contributed by atoms with E-state index in [1.54, 1.807) is 12.3 Å². The second-order valence-corrected chi connectivity index (χ2v) is 6.45. The van der Waals surface area contributed by atoms with Gasteiger partial charge in [0, 0.05) is 32.2 Å². The maximum absolute atomic E-state index is 12.4. The first kappa shape index (κ1) is 14.5. The van der Waals surface area contributed by atoms with E-state index in [2.05, 4.69) is 29.2 Å². The van der Waals surface area contributed by atoms with Gasteiger partial charge in [0.2, 0.25) is 0 Å². The third kappa shape index (κ3) is 2.79. The molecule has 2 aliphatic rings. The highest BCUT2D eigenvalue weighted by Gasteiger charge is 2.30. The van der Waals surface area contributed by atoms with Crippen molar-refractivity contribution in [2.75, 3.05) is 26.2 Å². The fraction of sp³-hybridized carbons (Fsp3) is 0.421. The number of carbonyl (C=O) groups is 1. The fourth-order valence-corrected chi connectivity index (χ4v) is 3.91. The van der Waals surface area contributed by atoms with E-state index < -0.39 is 0 Å². The van der Waals surface area contributed by atoms with Crippen LogP contribution in [0, 0.1) is 0 Å². The molecule has 4 rings (SSSR count). The Hall–Kier alpha value is -2.07. The summed E-state index contributed by atoms with van der Waals surface area (Å²) in [4.78, 5) is 16.9. The molecule has 1 aromatic carbocycles. The van der Waals surface area contributed by atoms with Crippen molar-refractivity contribution in [3.05, 3.63) is 59.5 Å². The number of aryl methyl sites for hydroxylation is 1. The van der Waals surface area contributed by atoms with Gasteiger partial charge in [0.05, 0.1) is 11.8 Å². The lowest BCUT2D eigenvalue weighted by atomic mass is 9.86. The number of piperazine rings is 1. The molecule has 4 heteroatoms. The van der Waals surface area contributed by atoms with Crippen LogP contribution in [0.25, 0.3) is 0 Å². The summed E-state index contributed by atoms with van der Waals surface area (Å²) >= 11 is 0. The van der Waals surface area contributed by atoms with Gasteiger partial charge in [0.1, 0.15) is 6.26 Å². The molecule has 4 nitrogen and oxygen atoms in total. The summed E-state index contributed by atoms with van der Waals surface area (Å²) < 4.78 is 5.02. The highest BCUT2D eigenvalue weighted by atomic mass is 16.3. The Morgan fingerprint density at radius 1 is 1.09 bits per heavy atom. The molecule has 2 aromatic rings. The highest BCUT2D eigenvalue weighted by molar-refractivity contribution is 5.93. The molecule has 0 saturated carbocycles. The van der Waals surface area contributed by atoms with E-state index >= 15 is 0 Å². The van der Waals surface area contributed by atoms with Crippen molar-refractivity contribution in [1.29, 1.82) is 0 Å². The molecular formula is C19H22N2O2. The average molecular weight is 310 g/mol. The zero-order chi connectivity index (χ0) is 15.6. The minimum atomic E-state index is 0.0856. The second-order valence-electron chi connectivity index (χ2n) is 6.45. The average Bonchev–Trinajstić information content (AvgIpc) is 3.15. The quantitative estimate of drug-likeness (QED) is 0.855. The van der Waals surface area contributed by atoms with Crippen molar-refractivity contribution in [1.82, 2.24) is 9.80 Å². The number of hydrogen-bond donors (Lipinski definition) is 0. The van der Waals surface area contributed by atoms with Gasteiger partial charge in [-0.3, -0.25) is 9.69 Å². The molecule has 1 fully saturated rings. The standard InChI is InChI=1S/C19H22N2O2/c22-19(16-8-13-23-14-16)21-11-9-20(10-12-21)18-7-3-5-15-4-1-2-6-17(15)18/h1-2,4,6,8,13-14,18H,3,5,7,9-12H2/t18-/m1/s1. The summed E-state index contributed by atoms with van der Waals surface area (Å²) in [5.74, 6) is 0.0856. The lowest BCUT2D eigenvalue weighted by Crippen LogP contribution is -2.50. The van der Waals surface area contributed by atoms with E-state index in [-0.39, 0.29) is 5.91 Å². The first-order valence-corrected chi connectivity index (χ1v) is 8.46. The van der Waals surface area contributed by atoms with Crippen molar-refractivity contribution < 1.29 is 9.21 Å². The number of rotatable bonds is 2. The van der Waals surface area contributed by atoms with E-state index in [1.807, 2.05) is 4.90 Å². The molecular weight excluding hydrogens is 288 g/mol. The molecule has 1 aliphatic heterocycles. The van der Waals surface area contributed by atoms with Gasteiger partial charge >= 0.3 is 0 Å². The molecule has 0 spiro atoms. The monoisotopic (exact) mass is 310 g/mol. The van der Waals surface area contributed by atoms with Crippen LogP contribution in [0.4, 0.5) is 0 Å². The van der Waals surface area contributed by atoms with Crippen LogP contribution in [0.3, 0.4) is 0 Å². The number of hydrogen-bond acceptors (Lipinski definition) is 3. The van der Waals surface area contributed by atoms with Gasteiger partial charge in [-0.15, -0.1) is 0 Å². The van der Waals surface area contributed by atoms with E-state index in [1.165, 1.54) is 36.7 Å². The topological polar surface area (TPSA) is 36.7 Å². The molecule has 1 amide bonds. The molecule has 0 radical (unpaired) electrons. The molecule has 1 saturated heterocycles. The van der Waals surface area contributed by atoms with Crippen LogP contribution in [0.2, 0.25) is 0 Å². The molecule has 1 aliphatic carbocycles. The molecule has 1 aromatic heterocycles. The van der Waals surface area contributed by atoms with Crippen molar-refractivity contribution in [2.45, 2.75) is 25.3 Å². The summed E-state index contributed by atoms with van der Waals surface area (Å²) in [6.07, 6.45) is 6.78. The minimum Gasteiger partial charge on any atom is -0.472 e. The van der Waals surface area contributed by atoms with Gasteiger partial charge in [-0.1, -0.05) is 24.3 Å². The predicted octanol–water partition coefficient (Wildman–Crippen LogP) is 3.12. The smallest absolute Gasteiger partial charge is 0.257 e. The molecule has 0 unspecified atom stereocenters. The van der Waals surface area contributed by atoms with E-state index in [4.69, 9.17) is 4.42 Å². The first-order valence-electron chi connectivity index (χ1n) is 8.46. The van der Waals surface area contributed by atoms with Crippen molar-refractivity contribution in [3.63, 3.8) is 0 Å². The number of carbonyl (C=O) groups excluding carboxylic acids is 1. The van der Waals surface area contributed by atoms with Gasteiger partial charge in [0.15, 0.2) is 0 Å². The summed E-state index contributed by atoms with van der Waals surface area (Å²) in [5.41, 5.74) is 3.65. The maximum Gasteiger partial charge on any atom is 0.257 e. The number of fused-ring (bicyclic) bond motifs is 1. The normalized spacial score (nSPS) is 21.9. The van der Waals surface area contributed by atoms with Crippen LogP contribution < -0.4 is 0 Å². The molecule has 1 atom stereocenters. The van der Waals surface area contributed by atoms with Gasteiger partial charge in [-0.05, 0) is 36.5 Å². The first-order chi connectivity index (χ1) is 11.3. The van der Waals surface area contributed by atoms with Crippen molar-refractivity contribution >= 4 is 5.91 Å². The zero-order valence-corrected chi connectivity index (χ0v) is 13.3. The largest absolute Gasteiger partial charge is 0.472 e. The zero-order valence-electron chi connectivity index (χ0n) is 13.3. The van der Waals surface area contributed by atoms with Crippen LogP contribution in [0.5, 0.6) is 0 Å². The van der Waals surface area contributed by atoms with Crippen LogP contribution in [-0.4, -0.2) is 41.9 Å². The Morgan fingerprint density at radius 2 is 1.91 bits per heavy atom. The van der Waals surface area contributed by atoms with Gasteiger partial charge in [0.25, 0.3) is 5.91 Å². The molecule has 2 heterocycles. The Labute approximate surface area is 136 Å². The van der Waals surface area contributed by atoms with Gasteiger partial charge in [-0.2, -0.15) is 0 Å². The van der Waals surface area contributed by atoms with Crippen molar-refractivity contribution in [2.24, 2.45) is 0 Å². The number of benzene rings is 1. The van der Waals surface area contributed by atoms with Crippen LogP contribution in [0.15, 0.2) is 47.3 Å². The van der Waals surface area contributed by atoms with Crippen molar-refractivity contribution in [3.8, 4) is 0 Å². The Morgan fingerprint density at radius 3 is 2.70 bits per heavy atom. The fourth-order valence-electron chi connectivity index (χ4n) is 3.91. The van der Waals surface area contributed by atoms with Crippen LogP contribution in [-0.2, 0) is 6.42 Å². The third-order valence-corrected chi connectivity index (χ3v) is 5.15. The number of nitrogens with zero attached hydrogens (tertiary/aromatic N) is 2. The Bertz CT molecular complexity index is 672. The second kappa shape index (κ2) is 6.20. The molecule has 120 valence electrons. The SMILES string of the molecule is O=C(c1ccoc1)N1CCN([C@@H]2CCCc3ccccc32)CC1. The summed E-state index contributed by atoms with van der Waals surface area (Å²) in [6, 6.07) is 11.1. The molecule has 23 heavy (non-hydrogen) atoms. The summed E-state index contributed by atoms with van der Waals surface area (Å²) in [7, 11) is 0. The molecule has 0 N–H and O–H groups in total. The van der Waals surface area contributed by atoms with E-state index in [9.17, 15) is 4.79 Å². The maximum atomic E-state index is 12.4. The summed E-state index contributed by atoms with van der Waals surface area (Å²) in [6.45, 7) is 3.48. The van der Waals surface area contributed by atoms with E-state index in [0.29, 0.717) is 11.6 Å². The highest BCUT2D eigenvalue weighted by Crippen LogP contribution is 2.34. The number of amides is 1. The predicted molar refractivity (Wildman–Crippen MR) is 88.3 cm³/mol. The van der Waals surface area contributed by atoms with Crippen LogP contribution >= 0.6 is 0 Å². The Balaban J connectivity index is 1.43. The summed E-state index contributed by atoms with van der Waals surface area (Å²) in [5, 5.41) is 0. The van der Waals surface area contributed by atoms with Crippen LogP contribution in [0.1, 0.15) is 40.4 Å². The number of furan rings is 1. The van der Waals surface area contributed by atoms with Gasteiger partial charge < -0.3 is 9.32 Å². The molecule has 0 bridgehead atoms. The van der Waals surface area contributed by atoms with Gasteiger partial charge in [-0.25, -0.2) is 0 Å². The minimum absolute atomic E-state index is 0.0856. The lowest BCUT2D eigenvalue weighted by Gasteiger charge is -2.41.